The first-order chi connectivity index (χ1) is 5.93. The third-order valence-corrected chi connectivity index (χ3v) is 2.99. The van der Waals surface area contributed by atoms with Crippen molar-refractivity contribution in [1.82, 2.24) is 5.73 Å². The summed E-state index contributed by atoms with van der Waals surface area (Å²) < 4.78 is 30.3. The minimum Gasteiger partial charge on any atom is -0.301 e. The van der Waals surface area contributed by atoms with Crippen molar-refractivity contribution in [2.45, 2.75) is 12.2 Å². The lowest BCUT2D eigenvalue weighted by atomic mass is 10.1. The minimum absolute atomic E-state index is 0.118. The second kappa shape index (κ2) is 3.35. The molecular formula is C8H10NO3S. The molecule has 0 aromatic heterocycles. The maximum atomic E-state index is 10.8. The SMILES string of the molecule is CC(c1ccccc1[NH])S(=O)(=O)O. The summed E-state index contributed by atoms with van der Waals surface area (Å²) in [7, 11) is -4.10. The van der Waals surface area contributed by atoms with Crippen LogP contribution in [0.2, 0.25) is 0 Å². The molecule has 0 aliphatic rings. The van der Waals surface area contributed by atoms with Crippen LogP contribution in [0, 0.1) is 0 Å². The average molecular weight is 200 g/mol. The second-order valence-electron chi connectivity index (χ2n) is 2.74. The number of hydrogen-bond acceptors (Lipinski definition) is 2. The molecule has 1 unspecified atom stereocenters. The van der Waals surface area contributed by atoms with Crippen LogP contribution < -0.4 is 5.73 Å². The van der Waals surface area contributed by atoms with Gasteiger partial charge in [0.15, 0.2) is 0 Å². The van der Waals surface area contributed by atoms with Crippen LogP contribution in [-0.4, -0.2) is 13.0 Å². The van der Waals surface area contributed by atoms with Gasteiger partial charge in [0.2, 0.25) is 0 Å². The molecule has 4 nitrogen and oxygen atoms in total. The van der Waals surface area contributed by atoms with E-state index in [1.807, 2.05) is 0 Å². The van der Waals surface area contributed by atoms with Crippen molar-refractivity contribution in [2.75, 3.05) is 0 Å². The molecule has 0 spiro atoms. The third-order valence-electron chi connectivity index (χ3n) is 1.85. The lowest BCUT2D eigenvalue weighted by Gasteiger charge is -2.09. The normalized spacial score (nSPS) is 14.0. The lowest BCUT2D eigenvalue weighted by Crippen LogP contribution is -2.08. The zero-order chi connectivity index (χ0) is 10.1. The van der Waals surface area contributed by atoms with Gasteiger partial charge in [0.25, 0.3) is 10.1 Å². The summed E-state index contributed by atoms with van der Waals surface area (Å²) in [6.45, 7) is 1.35. The van der Waals surface area contributed by atoms with E-state index in [1.54, 1.807) is 12.1 Å². The van der Waals surface area contributed by atoms with E-state index < -0.39 is 15.4 Å². The van der Waals surface area contributed by atoms with Crippen molar-refractivity contribution >= 4 is 15.8 Å². The monoisotopic (exact) mass is 200 g/mol. The van der Waals surface area contributed by atoms with Gasteiger partial charge in [-0.15, -0.1) is 0 Å². The van der Waals surface area contributed by atoms with E-state index in [4.69, 9.17) is 10.3 Å². The molecule has 13 heavy (non-hydrogen) atoms. The fourth-order valence-electron chi connectivity index (χ4n) is 1.01. The summed E-state index contributed by atoms with van der Waals surface area (Å²) in [6.07, 6.45) is 0. The number of benzene rings is 1. The molecule has 1 aromatic carbocycles. The Balaban J connectivity index is 3.17. The zero-order valence-electron chi connectivity index (χ0n) is 7.06. The van der Waals surface area contributed by atoms with Crippen molar-refractivity contribution in [3.05, 3.63) is 29.8 Å². The Morgan fingerprint density at radius 1 is 1.38 bits per heavy atom. The fraction of sp³-hybridized carbons (Fsp3) is 0.250. The summed E-state index contributed by atoms with van der Waals surface area (Å²) in [5, 5.41) is -1.04. The number of hydrogen-bond donors (Lipinski definition) is 1. The van der Waals surface area contributed by atoms with Gasteiger partial charge < -0.3 is 5.73 Å². The van der Waals surface area contributed by atoms with Crippen LogP contribution in [-0.2, 0) is 10.1 Å². The molecule has 1 aromatic rings. The van der Waals surface area contributed by atoms with Crippen LogP contribution >= 0.6 is 0 Å². The van der Waals surface area contributed by atoms with Crippen molar-refractivity contribution in [2.24, 2.45) is 0 Å². The molecule has 0 bridgehead atoms. The predicted molar refractivity (Wildman–Crippen MR) is 49.2 cm³/mol. The first-order valence-electron chi connectivity index (χ1n) is 3.69. The molecule has 71 valence electrons. The van der Waals surface area contributed by atoms with Gasteiger partial charge in [0.05, 0.1) is 5.69 Å². The first kappa shape index (κ1) is 10.0. The maximum absolute atomic E-state index is 10.8. The molecule has 2 N–H and O–H groups in total. The standard InChI is InChI=1S/C8H10NO3S/c1-6(13(10,11)12)7-4-2-3-5-8(7)9/h2-6,9H,1H3,(H,10,11,12). The molecule has 5 heteroatoms. The van der Waals surface area contributed by atoms with Crippen molar-refractivity contribution in [1.29, 1.82) is 0 Å². The Bertz CT molecular complexity index is 400. The van der Waals surface area contributed by atoms with Gasteiger partial charge in [-0.3, -0.25) is 4.55 Å². The van der Waals surface area contributed by atoms with Crippen LogP contribution in [0.5, 0.6) is 0 Å². The van der Waals surface area contributed by atoms with Gasteiger partial charge in [-0.25, -0.2) is 0 Å². The van der Waals surface area contributed by atoms with Crippen LogP contribution in [0.15, 0.2) is 24.3 Å². The lowest BCUT2D eigenvalue weighted by molar-refractivity contribution is 0.472. The fourth-order valence-corrected chi connectivity index (χ4v) is 1.54. The molecular weight excluding hydrogens is 190 g/mol. The average Bonchev–Trinajstić information content (AvgIpc) is 2.02. The van der Waals surface area contributed by atoms with Crippen molar-refractivity contribution < 1.29 is 13.0 Å². The van der Waals surface area contributed by atoms with Crippen molar-refractivity contribution in [3.63, 3.8) is 0 Å². The van der Waals surface area contributed by atoms with Gasteiger partial charge in [-0.2, -0.15) is 8.42 Å². The Hall–Kier alpha value is -1.07. The van der Waals surface area contributed by atoms with Gasteiger partial charge in [-0.1, -0.05) is 18.2 Å². The highest BCUT2D eigenvalue weighted by Gasteiger charge is 2.21. The Kier molecular flexibility index (Phi) is 2.58. The Labute approximate surface area is 77.1 Å². The third kappa shape index (κ3) is 2.19. The van der Waals surface area contributed by atoms with E-state index in [9.17, 15) is 8.42 Å². The highest BCUT2D eigenvalue weighted by Crippen LogP contribution is 2.26. The molecule has 0 aliphatic carbocycles. The maximum Gasteiger partial charge on any atom is 0.271 e. The minimum atomic E-state index is -4.10. The number of nitrogens with one attached hydrogen (secondary N) is 1. The molecule has 0 aliphatic heterocycles. The molecule has 1 rings (SSSR count). The first-order valence-corrected chi connectivity index (χ1v) is 5.20. The smallest absolute Gasteiger partial charge is 0.271 e. The summed E-state index contributed by atoms with van der Waals surface area (Å²) in [4.78, 5) is 0. The van der Waals surface area contributed by atoms with Crippen LogP contribution in [0.3, 0.4) is 0 Å². The van der Waals surface area contributed by atoms with Gasteiger partial charge in [0, 0.05) is 0 Å². The largest absolute Gasteiger partial charge is 0.301 e. The summed E-state index contributed by atoms with van der Waals surface area (Å²) in [5.74, 6) is 0. The zero-order valence-corrected chi connectivity index (χ0v) is 7.88. The van der Waals surface area contributed by atoms with Crippen LogP contribution in [0.1, 0.15) is 17.7 Å². The van der Waals surface area contributed by atoms with E-state index in [0.717, 1.165) is 0 Å². The Morgan fingerprint density at radius 2 is 1.92 bits per heavy atom. The molecule has 0 saturated carbocycles. The topological polar surface area (TPSA) is 78.2 Å². The van der Waals surface area contributed by atoms with Gasteiger partial charge >= 0.3 is 0 Å². The van der Waals surface area contributed by atoms with E-state index in [2.05, 4.69) is 0 Å². The quantitative estimate of drug-likeness (QED) is 0.735. The Morgan fingerprint density at radius 3 is 2.38 bits per heavy atom. The van der Waals surface area contributed by atoms with E-state index in [-0.39, 0.29) is 5.69 Å². The molecule has 1 atom stereocenters. The molecule has 0 heterocycles. The summed E-state index contributed by atoms with van der Waals surface area (Å²) in [5.41, 5.74) is 7.83. The van der Waals surface area contributed by atoms with E-state index >= 15 is 0 Å². The highest BCUT2D eigenvalue weighted by atomic mass is 32.2. The second-order valence-corrected chi connectivity index (χ2v) is 4.48. The molecule has 0 saturated heterocycles. The molecule has 1 radical (unpaired) electrons. The number of rotatable bonds is 2. The summed E-state index contributed by atoms with van der Waals surface area (Å²) in [6, 6.07) is 6.27. The van der Waals surface area contributed by atoms with Crippen LogP contribution in [0.4, 0.5) is 5.69 Å². The van der Waals surface area contributed by atoms with Crippen LogP contribution in [0.25, 0.3) is 0 Å². The molecule has 0 amide bonds. The van der Waals surface area contributed by atoms with E-state index in [1.165, 1.54) is 19.1 Å². The van der Waals surface area contributed by atoms with Crippen molar-refractivity contribution in [3.8, 4) is 0 Å². The van der Waals surface area contributed by atoms with E-state index in [0.29, 0.717) is 5.56 Å². The molecule has 0 fully saturated rings. The highest BCUT2D eigenvalue weighted by molar-refractivity contribution is 7.86. The van der Waals surface area contributed by atoms with Gasteiger partial charge in [0.1, 0.15) is 5.25 Å². The van der Waals surface area contributed by atoms with Gasteiger partial charge in [-0.05, 0) is 18.6 Å². The predicted octanol–water partition coefficient (Wildman–Crippen LogP) is 1.55. The summed E-state index contributed by atoms with van der Waals surface area (Å²) >= 11 is 0.